The highest BCUT2D eigenvalue weighted by atomic mass is 35.5. The van der Waals surface area contributed by atoms with Gasteiger partial charge < -0.3 is 9.57 Å². The average molecular weight is 256 g/mol. The Balaban J connectivity index is 2.68. The number of esters is 1. The van der Waals surface area contributed by atoms with E-state index >= 15 is 0 Å². The molecule has 4 nitrogen and oxygen atoms in total. The van der Waals surface area contributed by atoms with Gasteiger partial charge in [-0.3, -0.25) is 0 Å². The minimum Gasteiger partial charge on any atom is -0.466 e. The van der Waals surface area contributed by atoms with Crippen molar-refractivity contribution in [2.45, 2.75) is 19.4 Å². The normalized spacial score (nSPS) is 11.5. The van der Waals surface area contributed by atoms with E-state index < -0.39 is 11.6 Å². The molecule has 0 saturated carbocycles. The molecule has 0 radical (unpaired) electrons. The first-order chi connectivity index (χ1) is 7.97. The van der Waals surface area contributed by atoms with Crippen molar-refractivity contribution in [3.05, 3.63) is 34.9 Å². The quantitative estimate of drug-likeness (QED) is 0.472. The summed E-state index contributed by atoms with van der Waals surface area (Å²) in [6.45, 7) is 3.14. The maximum absolute atomic E-state index is 11.3. The fourth-order valence-corrected chi connectivity index (χ4v) is 1.26. The molecule has 0 bridgehead atoms. The van der Waals surface area contributed by atoms with E-state index in [0.29, 0.717) is 5.02 Å². The Morgan fingerprint density at radius 2 is 2.06 bits per heavy atom. The maximum atomic E-state index is 11.3. The Morgan fingerprint density at radius 1 is 1.41 bits per heavy atom. The lowest BCUT2D eigenvalue weighted by molar-refractivity contribution is -0.164. The molecule has 0 aromatic heterocycles. The molecule has 0 N–H and O–H groups in total. The summed E-state index contributed by atoms with van der Waals surface area (Å²) in [5, 5.41) is 4.30. The number of hydrogen-bond acceptors (Lipinski definition) is 4. The van der Waals surface area contributed by atoms with Gasteiger partial charge in [0.05, 0.1) is 13.3 Å². The molecule has 0 unspecified atom stereocenters. The molecule has 17 heavy (non-hydrogen) atoms. The van der Waals surface area contributed by atoms with Crippen LogP contribution in [0.5, 0.6) is 0 Å². The third-order valence-corrected chi connectivity index (χ3v) is 2.40. The summed E-state index contributed by atoms with van der Waals surface area (Å²) in [4.78, 5) is 16.4. The monoisotopic (exact) mass is 255 g/mol. The molecule has 1 aromatic rings. The third kappa shape index (κ3) is 3.75. The predicted molar refractivity (Wildman–Crippen MR) is 66.2 cm³/mol. The van der Waals surface area contributed by atoms with Crippen LogP contribution in [0.2, 0.25) is 5.02 Å². The second-order valence-electron chi connectivity index (χ2n) is 3.85. The Bertz CT molecular complexity index is 430. The molecule has 0 aliphatic heterocycles. The summed E-state index contributed by atoms with van der Waals surface area (Å²) < 4.78 is 4.58. The van der Waals surface area contributed by atoms with E-state index in [2.05, 4.69) is 9.89 Å². The van der Waals surface area contributed by atoms with Crippen molar-refractivity contribution in [2.75, 3.05) is 7.11 Å². The number of oxime groups is 1. The minimum atomic E-state index is -1.12. The lowest BCUT2D eigenvalue weighted by Crippen LogP contribution is -2.34. The highest BCUT2D eigenvalue weighted by molar-refractivity contribution is 6.33. The zero-order valence-corrected chi connectivity index (χ0v) is 10.7. The van der Waals surface area contributed by atoms with Crippen LogP contribution in [0.15, 0.2) is 29.4 Å². The highest BCUT2D eigenvalue weighted by Crippen LogP contribution is 2.14. The summed E-state index contributed by atoms with van der Waals surface area (Å²) in [5.74, 6) is -0.492. The van der Waals surface area contributed by atoms with Gasteiger partial charge >= 0.3 is 5.97 Å². The number of halogens is 1. The van der Waals surface area contributed by atoms with Crippen molar-refractivity contribution in [1.82, 2.24) is 0 Å². The maximum Gasteiger partial charge on any atom is 0.352 e. The van der Waals surface area contributed by atoms with Crippen LogP contribution in [-0.2, 0) is 14.4 Å². The van der Waals surface area contributed by atoms with Crippen LogP contribution >= 0.6 is 11.6 Å². The van der Waals surface area contributed by atoms with Crippen molar-refractivity contribution in [2.24, 2.45) is 5.16 Å². The largest absolute Gasteiger partial charge is 0.466 e. The highest BCUT2D eigenvalue weighted by Gasteiger charge is 2.31. The molecular formula is C12H14ClNO3. The van der Waals surface area contributed by atoms with Gasteiger partial charge in [0.2, 0.25) is 5.60 Å². The van der Waals surface area contributed by atoms with Gasteiger partial charge in [-0.2, -0.15) is 0 Å². The summed E-state index contributed by atoms with van der Waals surface area (Å²) in [7, 11) is 1.30. The van der Waals surface area contributed by atoms with Gasteiger partial charge in [-0.15, -0.1) is 0 Å². The van der Waals surface area contributed by atoms with Crippen LogP contribution in [0.1, 0.15) is 19.4 Å². The first kappa shape index (κ1) is 13.5. The van der Waals surface area contributed by atoms with Crippen molar-refractivity contribution >= 4 is 23.8 Å². The van der Waals surface area contributed by atoms with Crippen molar-refractivity contribution in [1.29, 1.82) is 0 Å². The Morgan fingerprint density at radius 3 is 2.65 bits per heavy atom. The van der Waals surface area contributed by atoms with Crippen molar-refractivity contribution in [3.8, 4) is 0 Å². The van der Waals surface area contributed by atoms with Gasteiger partial charge in [0, 0.05) is 10.6 Å². The van der Waals surface area contributed by atoms with E-state index in [-0.39, 0.29) is 0 Å². The average Bonchev–Trinajstić information content (AvgIpc) is 2.30. The second-order valence-corrected chi connectivity index (χ2v) is 4.26. The van der Waals surface area contributed by atoms with Crippen molar-refractivity contribution in [3.63, 3.8) is 0 Å². The van der Waals surface area contributed by atoms with E-state index in [1.54, 1.807) is 26.0 Å². The number of ether oxygens (including phenoxy) is 1. The number of nitrogens with zero attached hydrogens (tertiary/aromatic N) is 1. The van der Waals surface area contributed by atoms with E-state index in [9.17, 15) is 4.79 Å². The first-order valence-electron chi connectivity index (χ1n) is 5.02. The number of rotatable bonds is 4. The van der Waals surface area contributed by atoms with Crippen molar-refractivity contribution < 1.29 is 14.4 Å². The van der Waals surface area contributed by atoms with Gasteiger partial charge in [-0.05, 0) is 19.9 Å². The van der Waals surface area contributed by atoms with Crippen LogP contribution in [0.25, 0.3) is 0 Å². The predicted octanol–water partition coefficient (Wildman–Crippen LogP) is 2.64. The van der Waals surface area contributed by atoms with Crippen LogP contribution < -0.4 is 0 Å². The summed E-state index contributed by atoms with van der Waals surface area (Å²) in [5.41, 5.74) is -0.401. The van der Waals surface area contributed by atoms with E-state index in [4.69, 9.17) is 16.4 Å². The van der Waals surface area contributed by atoms with Gasteiger partial charge in [0.15, 0.2) is 0 Å². The standard InChI is InChI=1S/C12H14ClNO3/c1-12(2,11(15)16-3)17-14-8-9-6-4-5-7-10(9)13/h4-8H,1-3H3/b14-8+. The number of methoxy groups -OCH3 is 1. The molecule has 0 saturated heterocycles. The molecule has 0 heterocycles. The summed E-state index contributed by atoms with van der Waals surface area (Å²) in [6.07, 6.45) is 1.45. The Kier molecular flexibility index (Phi) is 4.52. The lowest BCUT2D eigenvalue weighted by atomic mass is 10.1. The van der Waals surface area contributed by atoms with E-state index in [1.807, 2.05) is 12.1 Å². The zero-order valence-electron chi connectivity index (χ0n) is 9.94. The fraction of sp³-hybridized carbons (Fsp3) is 0.333. The summed E-state index contributed by atoms with van der Waals surface area (Å²) in [6, 6.07) is 7.19. The van der Waals surface area contributed by atoms with Crippen LogP contribution in [0.3, 0.4) is 0 Å². The topological polar surface area (TPSA) is 47.9 Å². The molecule has 0 fully saturated rings. The Labute approximate surface area is 105 Å². The van der Waals surface area contributed by atoms with Crippen LogP contribution in [-0.4, -0.2) is 24.9 Å². The molecule has 0 amide bonds. The molecule has 0 atom stereocenters. The van der Waals surface area contributed by atoms with E-state index in [1.165, 1.54) is 13.3 Å². The number of benzene rings is 1. The minimum absolute atomic E-state index is 0.492. The molecule has 92 valence electrons. The fourth-order valence-electron chi connectivity index (χ4n) is 1.08. The smallest absolute Gasteiger partial charge is 0.352 e. The summed E-state index contributed by atoms with van der Waals surface area (Å²) >= 11 is 5.93. The lowest BCUT2D eigenvalue weighted by Gasteiger charge is -2.18. The molecule has 1 rings (SSSR count). The number of hydrogen-bond donors (Lipinski definition) is 0. The molecule has 0 aliphatic carbocycles. The second kappa shape index (κ2) is 5.68. The molecule has 0 aliphatic rings. The Hall–Kier alpha value is -1.55. The zero-order chi connectivity index (χ0) is 12.9. The van der Waals surface area contributed by atoms with E-state index in [0.717, 1.165) is 5.56 Å². The van der Waals surface area contributed by atoms with Gasteiger partial charge in [0.25, 0.3) is 0 Å². The SMILES string of the molecule is COC(=O)C(C)(C)O/N=C/c1ccccc1Cl. The third-order valence-electron chi connectivity index (χ3n) is 2.05. The van der Waals surface area contributed by atoms with Crippen LogP contribution in [0, 0.1) is 0 Å². The molecule has 1 aromatic carbocycles. The van der Waals surface area contributed by atoms with Gasteiger partial charge in [0.1, 0.15) is 0 Å². The molecular weight excluding hydrogens is 242 g/mol. The van der Waals surface area contributed by atoms with Gasteiger partial charge in [-0.1, -0.05) is 35.0 Å². The van der Waals surface area contributed by atoms with Crippen LogP contribution in [0.4, 0.5) is 0 Å². The number of carbonyl (C=O) groups excluding carboxylic acids is 1. The molecule has 5 heteroatoms. The molecule has 0 spiro atoms. The number of carbonyl (C=O) groups is 1. The van der Waals surface area contributed by atoms with Gasteiger partial charge in [-0.25, -0.2) is 4.79 Å². The first-order valence-corrected chi connectivity index (χ1v) is 5.39.